The molecule has 2 aromatic rings. The molecule has 1 radical (unpaired) electrons. The summed E-state index contributed by atoms with van der Waals surface area (Å²) in [6, 6.07) is 15.6. The summed E-state index contributed by atoms with van der Waals surface area (Å²) >= 11 is 0. The molecule has 0 bridgehead atoms. The molecule has 2 aliphatic rings. The van der Waals surface area contributed by atoms with Crippen LogP contribution in [0.1, 0.15) is 42.9 Å². The van der Waals surface area contributed by atoms with Crippen molar-refractivity contribution in [1.82, 2.24) is 0 Å². The van der Waals surface area contributed by atoms with Gasteiger partial charge in [0.25, 0.3) is 0 Å². The average Bonchev–Trinajstić information content (AvgIpc) is 3.12. The molecule has 24 heavy (non-hydrogen) atoms. The van der Waals surface area contributed by atoms with Gasteiger partial charge < -0.3 is 24.8 Å². The van der Waals surface area contributed by atoms with Crippen molar-refractivity contribution in [2.24, 2.45) is 5.92 Å². The summed E-state index contributed by atoms with van der Waals surface area (Å²) < 4.78 is 0. The molecule has 0 amide bonds. The molecule has 0 saturated carbocycles. The second kappa shape index (κ2) is 8.66. The van der Waals surface area contributed by atoms with Gasteiger partial charge in [-0.1, -0.05) is 62.2 Å². The second-order valence-corrected chi connectivity index (χ2v) is 6.27. The first-order chi connectivity index (χ1) is 10.3. The summed E-state index contributed by atoms with van der Waals surface area (Å²) in [5.74, 6) is 1.09. The van der Waals surface area contributed by atoms with Crippen LogP contribution in [-0.4, -0.2) is 0 Å². The average molecular weight is 434 g/mol. The molecule has 0 spiro atoms. The fourth-order valence-electron chi connectivity index (χ4n) is 3.82. The number of halogens is 2. The Morgan fingerprint density at radius 2 is 1.58 bits per heavy atom. The number of allylic oxidation sites excluding steroid dienone is 4. The van der Waals surface area contributed by atoms with Gasteiger partial charge in [0.2, 0.25) is 0 Å². The van der Waals surface area contributed by atoms with Crippen molar-refractivity contribution in [3.05, 3.63) is 77.4 Å². The number of rotatable bonds is 2. The van der Waals surface area contributed by atoms with Crippen LogP contribution >= 0.6 is 0 Å². The van der Waals surface area contributed by atoms with Crippen LogP contribution in [0.3, 0.4) is 0 Å². The van der Waals surface area contributed by atoms with E-state index in [2.05, 4.69) is 74.5 Å². The summed E-state index contributed by atoms with van der Waals surface area (Å²) in [7, 11) is 0. The minimum atomic E-state index is 0. The third-order valence-electron chi connectivity index (χ3n) is 4.65. The fourth-order valence-corrected chi connectivity index (χ4v) is 3.82. The van der Waals surface area contributed by atoms with Gasteiger partial charge in [0.05, 0.1) is 0 Å². The van der Waals surface area contributed by atoms with Crippen LogP contribution in [0.4, 0.5) is 0 Å². The largest absolute Gasteiger partial charge is 3.00 e. The van der Waals surface area contributed by atoms with Gasteiger partial charge in [0, 0.05) is 5.92 Å². The van der Waals surface area contributed by atoms with Crippen LogP contribution < -0.4 is 24.8 Å². The molecule has 2 aliphatic carbocycles. The molecule has 3 heteroatoms. The molecular formula is C21H19Cl2Zr. The molecule has 0 fully saturated rings. The van der Waals surface area contributed by atoms with Crippen LogP contribution in [0.5, 0.6) is 0 Å². The maximum absolute atomic E-state index is 3.49. The Morgan fingerprint density at radius 3 is 2.25 bits per heavy atom. The molecule has 0 aromatic heterocycles. The standard InChI is InChI=1S/C21H19.2ClH.Zr/c1-14(2)20-18-11-6-5-10-17(18)19-13-7-12-16(21(19)20)15-8-3-4-9-15;;;/h3,5-8,10-14,20H,4H2,1-2H3;2*1H;/q-1;;;+3/p-2. The topological polar surface area (TPSA) is 0 Å². The molecule has 0 heterocycles. The SMILES string of the molecule is CC(C)C1c2ccccc2-c2cccc(C3=[C-]CC=C3)c21.[Cl-].[Cl-].[Zr+3]. The van der Waals surface area contributed by atoms with Crippen molar-refractivity contribution in [3.8, 4) is 11.1 Å². The fraction of sp³-hybridized carbons (Fsp3) is 0.238. The van der Waals surface area contributed by atoms with E-state index in [1.165, 1.54) is 33.4 Å². The van der Waals surface area contributed by atoms with Crippen LogP contribution in [-0.2, 0) is 26.2 Å². The first kappa shape index (κ1) is 21.4. The number of fused-ring (bicyclic) bond motifs is 3. The zero-order valence-corrected chi connectivity index (χ0v) is 17.8. The van der Waals surface area contributed by atoms with Crippen molar-refractivity contribution >= 4 is 5.57 Å². The van der Waals surface area contributed by atoms with Crippen molar-refractivity contribution in [3.63, 3.8) is 0 Å². The molecule has 0 saturated heterocycles. The van der Waals surface area contributed by atoms with E-state index in [9.17, 15) is 0 Å². The van der Waals surface area contributed by atoms with Gasteiger partial charge in [-0.3, -0.25) is 0 Å². The molecule has 0 aliphatic heterocycles. The Kier molecular flexibility index (Phi) is 7.73. The van der Waals surface area contributed by atoms with Crippen molar-refractivity contribution in [1.29, 1.82) is 0 Å². The molecule has 121 valence electrons. The molecule has 0 N–H and O–H groups in total. The van der Waals surface area contributed by atoms with E-state index < -0.39 is 0 Å². The van der Waals surface area contributed by atoms with E-state index in [0.29, 0.717) is 11.8 Å². The van der Waals surface area contributed by atoms with Crippen LogP contribution in [0.15, 0.2) is 54.6 Å². The molecule has 4 rings (SSSR count). The molecule has 1 atom stereocenters. The second-order valence-electron chi connectivity index (χ2n) is 6.27. The molecule has 2 aromatic carbocycles. The summed E-state index contributed by atoms with van der Waals surface area (Å²) in [6.45, 7) is 4.66. The predicted molar refractivity (Wildman–Crippen MR) is 89.0 cm³/mol. The smallest absolute Gasteiger partial charge is 1.00 e. The van der Waals surface area contributed by atoms with Gasteiger partial charge in [-0.15, -0.1) is 17.7 Å². The minimum absolute atomic E-state index is 0. The molecule has 0 nitrogen and oxygen atoms in total. The Bertz CT molecular complexity index is 775. The number of hydrogen-bond acceptors (Lipinski definition) is 0. The van der Waals surface area contributed by atoms with Gasteiger partial charge in [-0.2, -0.15) is 17.7 Å². The Labute approximate surface area is 176 Å². The van der Waals surface area contributed by atoms with E-state index in [1.807, 2.05) is 0 Å². The van der Waals surface area contributed by atoms with E-state index in [4.69, 9.17) is 0 Å². The van der Waals surface area contributed by atoms with Gasteiger partial charge >= 0.3 is 26.2 Å². The minimum Gasteiger partial charge on any atom is -1.00 e. The van der Waals surface area contributed by atoms with E-state index in [0.717, 1.165) is 6.42 Å². The van der Waals surface area contributed by atoms with Crippen LogP contribution in [0, 0.1) is 12.0 Å². The van der Waals surface area contributed by atoms with Gasteiger partial charge in [-0.05, 0) is 22.6 Å². The maximum Gasteiger partial charge on any atom is 3.00 e. The summed E-state index contributed by atoms with van der Waals surface area (Å²) in [6.07, 6.45) is 8.85. The van der Waals surface area contributed by atoms with Gasteiger partial charge in [0.1, 0.15) is 0 Å². The Morgan fingerprint density at radius 1 is 0.917 bits per heavy atom. The summed E-state index contributed by atoms with van der Waals surface area (Å²) in [5, 5.41) is 0. The van der Waals surface area contributed by atoms with E-state index in [1.54, 1.807) is 0 Å². The quantitative estimate of drug-likeness (QED) is 0.566. The van der Waals surface area contributed by atoms with Crippen molar-refractivity contribution in [2.45, 2.75) is 26.2 Å². The van der Waals surface area contributed by atoms with Crippen molar-refractivity contribution in [2.75, 3.05) is 0 Å². The summed E-state index contributed by atoms with van der Waals surface area (Å²) in [5.41, 5.74) is 8.45. The Balaban J connectivity index is 0.000000960. The van der Waals surface area contributed by atoms with E-state index >= 15 is 0 Å². The third-order valence-corrected chi connectivity index (χ3v) is 4.65. The van der Waals surface area contributed by atoms with Gasteiger partial charge in [0.15, 0.2) is 0 Å². The zero-order valence-electron chi connectivity index (χ0n) is 13.8. The molecular weight excluding hydrogens is 414 g/mol. The first-order valence-electron chi connectivity index (χ1n) is 7.77. The van der Waals surface area contributed by atoms with Crippen molar-refractivity contribution < 1.29 is 51.0 Å². The van der Waals surface area contributed by atoms with Crippen LogP contribution in [0.2, 0.25) is 0 Å². The first-order valence-corrected chi connectivity index (χ1v) is 7.77. The maximum atomic E-state index is 3.49. The predicted octanol–water partition coefficient (Wildman–Crippen LogP) is -0.393. The molecule has 1 unspecified atom stereocenters. The zero-order chi connectivity index (χ0) is 14.4. The summed E-state index contributed by atoms with van der Waals surface area (Å²) in [4.78, 5) is 0. The van der Waals surface area contributed by atoms with Crippen LogP contribution in [0.25, 0.3) is 16.7 Å². The normalized spacial score (nSPS) is 16.5. The Hall–Kier alpha value is -0.617. The number of benzene rings is 2. The number of hydrogen-bond donors (Lipinski definition) is 0. The van der Waals surface area contributed by atoms with E-state index in [-0.39, 0.29) is 51.0 Å². The van der Waals surface area contributed by atoms with Gasteiger partial charge in [-0.25, -0.2) is 0 Å². The third kappa shape index (κ3) is 3.36. The monoisotopic (exact) mass is 431 g/mol.